The Balaban J connectivity index is 1.46. The van der Waals surface area contributed by atoms with Crippen molar-refractivity contribution >= 4 is 46.2 Å². The first-order valence-electron chi connectivity index (χ1n) is 10.3. The minimum atomic E-state index is -0.453. The highest BCUT2D eigenvalue weighted by Gasteiger charge is 2.25. The lowest BCUT2D eigenvalue weighted by Crippen LogP contribution is -2.51. The van der Waals surface area contributed by atoms with E-state index in [-0.39, 0.29) is 24.5 Å². The summed E-state index contributed by atoms with van der Waals surface area (Å²) in [4.78, 5) is 55.4. The quantitative estimate of drug-likeness (QED) is 0.614. The monoisotopic (exact) mass is 475 g/mol. The number of nitrogens with zero attached hydrogens (tertiary/aromatic N) is 3. The van der Waals surface area contributed by atoms with Gasteiger partial charge in [0, 0.05) is 37.2 Å². The summed E-state index contributed by atoms with van der Waals surface area (Å²) in [6.07, 6.45) is -0.344. The minimum Gasteiger partial charge on any atom is -0.465 e. The number of urea groups is 1. The van der Waals surface area contributed by atoms with Crippen molar-refractivity contribution < 1.29 is 28.7 Å². The number of carbonyl (C=O) groups is 4. The van der Waals surface area contributed by atoms with Crippen LogP contribution in [0, 0.1) is 0 Å². The topological polar surface area (TPSA) is 130 Å². The van der Waals surface area contributed by atoms with Crippen LogP contribution in [-0.4, -0.2) is 78.7 Å². The standard InChI is InChI=1S/C21H25N5O6S/c1-3-32-21(30)26-10-8-25(9-11-26)20(29)24-19-23-16(13-33-19)12-17(27)22-15-6-4-14(5-7-15)18(28)31-2/h4-7,13H,3,8-12H2,1-2H3,(H,22,27)(H,23,24,29). The van der Waals surface area contributed by atoms with Gasteiger partial charge in [-0.25, -0.2) is 19.4 Å². The van der Waals surface area contributed by atoms with E-state index in [0.29, 0.717) is 54.9 Å². The Morgan fingerprint density at radius 3 is 2.33 bits per heavy atom. The number of thiazole rings is 1. The van der Waals surface area contributed by atoms with E-state index in [4.69, 9.17) is 4.74 Å². The second-order valence-electron chi connectivity index (χ2n) is 7.04. The van der Waals surface area contributed by atoms with Crippen molar-refractivity contribution in [3.05, 3.63) is 40.9 Å². The van der Waals surface area contributed by atoms with Crippen LogP contribution in [-0.2, 0) is 20.7 Å². The molecule has 2 aromatic rings. The smallest absolute Gasteiger partial charge is 0.409 e. The van der Waals surface area contributed by atoms with E-state index in [9.17, 15) is 19.2 Å². The van der Waals surface area contributed by atoms with Crippen LogP contribution in [0.25, 0.3) is 0 Å². The number of anilines is 2. The molecule has 1 aliphatic rings. The van der Waals surface area contributed by atoms with Crippen LogP contribution in [0.3, 0.4) is 0 Å². The van der Waals surface area contributed by atoms with Gasteiger partial charge in [0.1, 0.15) is 0 Å². The first-order valence-corrected chi connectivity index (χ1v) is 11.2. The summed E-state index contributed by atoms with van der Waals surface area (Å²) in [6.45, 7) is 3.63. The molecule has 2 heterocycles. The predicted molar refractivity (Wildman–Crippen MR) is 121 cm³/mol. The number of methoxy groups -OCH3 is 1. The average Bonchev–Trinajstić information content (AvgIpc) is 3.25. The van der Waals surface area contributed by atoms with Gasteiger partial charge in [0.25, 0.3) is 0 Å². The number of benzene rings is 1. The van der Waals surface area contributed by atoms with Crippen LogP contribution in [0.15, 0.2) is 29.6 Å². The van der Waals surface area contributed by atoms with Gasteiger partial charge in [-0.05, 0) is 31.2 Å². The van der Waals surface area contributed by atoms with Gasteiger partial charge in [-0.1, -0.05) is 0 Å². The highest BCUT2D eigenvalue weighted by molar-refractivity contribution is 7.13. The Labute approximate surface area is 194 Å². The fourth-order valence-electron chi connectivity index (χ4n) is 3.10. The van der Waals surface area contributed by atoms with Crippen LogP contribution in [0.1, 0.15) is 23.0 Å². The second kappa shape index (κ2) is 11.3. The van der Waals surface area contributed by atoms with E-state index in [1.807, 2.05) is 0 Å². The zero-order valence-corrected chi connectivity index (χ0v) is 19.1. The van der Waals surface area contributed by atoms with Crippen molar-refractivity contribution in [3.8, 4) is 0 Å². The molecule has 0 saturated carbocycles. The second-order valence-corrected chi connectivity index (χ2v) is 7.90. The Morgan fingerprint density at radius 2 is 1.70 bits per heavy atom. The lowest BCUT2D eigenvalue weighted by molar-refractivity contribution is -0.115. The molecule has 1 aromatic carbocycles. The van der Waals surface area contributed by atoms with E-state index < -0.39 is 5.97 Å². The molecular formula is C21H25N5O6S. The number of piperazine rings is 1. The summed E-state index contributed by atoms with van der Waals surface area (Å²) in [5.74, 6) is -0.732. The van der Waals surface area contributed by atoms with Gasteiger partial charge in [0.2, 0.25) is 5.91 Å². The van der Waals surface area contributed by atoms with Crippen LogP contribution < -0.4 is 10.6 Å². The molecule has 0 atom stereocenters. The first kappa shape index (κ1) is 24.0. The fraction of sp³-hybridized carbons (Fsp3) is 0.381. The van der Waals surface area contributed by atoms with Crippen molar-refractivity contribution in [3.63, 3.8) is 0 Å². The normalized spacial score (nSPS) is 13.3. The predicted octanol–water partition coefficient (Wildman–Crippen LogP) is 2.42. The third kappa shape index (κ3) is 6.65. The molecule has 3 rings (SSSR count). The molecule has 4 amide bonds. The van der Waals surface area contributed by atoms with Crippen molar-refractivity contribution in [2.24, 2.45) is 0 Å². The van der Waals surface area contributed by atoms with Gasteiger partial charge in [-0.3, -0.25) is 10.1 Å². The minimum absolute atomic E-state index is 0.0311. The molecule has 1 fully saturated rings. The SMILES string of the molecule is CCOC(=O)N1CCN(C(=O)Nc2nc(CC(=O)Nc3ccc(C(=O)OC)cc3)cs2)CC1. The molecule has 0 aliphatic carbocycles. The number of rotatable bonds is 6. The third-order valence-corrected chi connectivity index (χ3v) is 5.60. The van der Waals surface area contributed by atoms with E-state index in [2.05, 4.69) is 20.4 Å². The van der Waals surface area contributed by atoms with Crippen molar-refractivity contribution in [2.45, 2.75) is 13.3 Å². The number of aromatic nitrogens is 1. The summed E-state index contributed by atoms with van der Waals surface area (Å²) in [7, 11) is 1.30. The van der Waals surface area contributed by atoms with Crippen LogP contribution in [0.5, 0.6) is 0 Å². The number of nitrogens with one attached hydrogen (secondary N) is 2. The van der Waals surface area contributed by atoms with Crippen molar-refractivity contribution in [1.82, 2.24) is 14.8 Å². The molecule has 33 heavy (non-hydrogen) atoms. The molecule has 176 valence electrons. The lowest BCUT2D eigenvalue weighted by atomic mass is 10.2. The molecule has 0 unspecified atom stereocenters. The van der Waals surface area contributed by atoms with Gasteiger partial charge >= 0.3 is 18.1 Å². The number of ether oxygens (including phenoxy) is 2. The van der Waals surface area contributed by atoms with E-state index in [1.165, 1.54) is 18.4 Å². The highest BCUT2D eigenvalue weighted by atomic mass is 32.1. The maximum absolute atomic E-state index is 12.5. The first-order chi connectivity index (χ1) is 15.9. The van der Waals surface area contributed by atoms with Gasteiger partial charge in [0.05, 0.1) is 31.4 Å². The van der Waals surface area contributed by atoms with Gasteiger partial charge in [0.15, 0.2) is 5.13 Å². The molecule has 1 aromatic heterocycles. The Morgan fingerprint density at radius 1 is 1.03 bits per heavy atom. The fourth-order valence-corrected chi connectivity index (χ4v) is 3.80. The van der Waals surface area contributed by atoms with Gasteiger partial charge in [-0.15, -0.1) is 11.3 Å². The maximum atomic E-state index is 12.5. The largest absolute Gasteiger partial charge is 0.465 e. The van der Waals surface area contributed by atoms with Crippen LogP contribution in [0.2, 0.25) is 0 Å². The molecular weight excluding hydrogens is 450 g/mol. The molecule has 0 bridgehead atoms. The Hall–Kier alpha value is -3.67. The summed E-state index contributed by atoms with van der Waals surface area (Å²) in [6, 6.07) is 6.03. The molecule has 0 radical (unpaired) electrons. The van der Waals surface area contributed by atoms with E-state index in [1.54, 1.807) is 46.4 Å². The van der Waals surface area contributed by atoms with Crippen LogP contribution >= 0.6 is 11.3 Å². The number of amides is 4. The van der Waals surface area contributed by atoms with Gasteiger partial charge in [-0.2, -0.15) is 0 Å². The number of esters is 1. The molecule has 12 heteroatoms. The van der Waals surface area contributed by atoms with Gasteiger partial charge < -0.3 is 24.6 Å². The molecule has 0 spiro atoms. The van der Waals surface area contributed by atoms with Crippen LogP contribution in [0.4, 0.5) is 20.4 Å². The lowest BCUT2D eigenvalue weighted by Gasteiger charge is -2.33. The summed E-state index contributed by atoms with van der Waals surface area (Å²) < 4.78 is 9.61. The molecule has 1 aliphatic heterocycles. The molecule has 1 saturated heterocycles. The van der Waals surface area contributed by atoms with Crippen molar-refractivity contribution in [2.75, 3.05) is 50.5 Å². The average molecular weight is 476 g/mol. The highest BCUT2D eigenvalue weighted by Crippen LogP contribution is 2.18. The molecule has 2 N–H and O–H groups in total. The third-order valence-electron chi connectivity index (χ3n) is 4.79. The number of hydrogen-bond donors (Lipinski definition) is 2. The zero-order valence-electron chi connectivity index (χ0n) is 18.3. The Bertz CT molecular complexity index is 1000. The number of hydrogen-bond acceptors (Lipinski definition) is 8. The van der Waals surface area contributed by atoms with Crippen molar-refractivity contribution in [1.29, 1.82) is 0 Å². The van der Waals surface area contributed by atoms with E-state index in [0.717, 1.165) is 0 Å². The summed E-state index contributed by atoms with van der Waals surface area (Å²) in [5.41, 5.74) is 1.45. The Kier molecular flexibility index (Phi) is 8.19. The summed E-state index contributed by atoms with van der Waals surface area (Å²) in [5, 5.41) is 7.55. The van der Waals surface area contributed by atoms with E-state index >= 15 is 0 Å². The number of carbonyl (C=O) groups excluding carboxylic acids is 4. The molecule has 11 nitrogen and oxygen atoms in total. The zero-order chi connectivity index (χ0) is 23.8. The maximum Gasteiger partial charge on any atom is 0.409 e. The summed E-state index contributed by atoms with van der Waals surface area (Å²) >= 11 is 1.22.